The predicted octanol–water partition coefficient (Wildman–Crippen LogP) is 3.55. The molecule has 24 heavy (non-hydrogen) atoms. The summed E-state index contributed by atoms with van der Waals surface area (Å²) in [6, 6.07) is 12.4. The maximum atomic E-state index is 12.6. The van der Waals surface area contributed by atoms with Crippen molar-refractivity contribution in [2.45, 2.75) is 18.7 Å². The summed E-state index contributed by atoms with van der Waals surface area (Å²) in [4.78, 5) is 12.3. The Morgan fingerprint density at radius 3 is 2.58 bits per heavy atom. The molecule has 0 saturated carbocycles. The van der Waals surface area contributed by atoms with Gasteiger partial charge >= 0.3 is 5.63 Å². The first-order valence-corrected chi connectivity index (χ1v) is 8.51. The van der Waals surface area contributed by atoms with Crippen LogP contribution in [-0.4, -0.2) is 11.3 Å². The lowest BCUT2D eigenvalue weighted by Gasteiger charge is -2.11. The van der Waals surface area contributed by atoms with E-state index in [1.165, 1.54) is 0 Å². The zero-order valence-electron chi connectivity index (χ0n) is 13.6. The molecular formula is C18H17NO4S. The molecule has 0 fully saturated rings. The summed E-state index contributed by atoms with van der Waals surface area (Å²) in [5, 5.41) is 0.814. The normalized spacial score (nSPS) is 12.1. The van der Waals surface area contributed by atoms with Gasteiger partial charge in [0.15, 0.2) is 11.0 Å². The van der Waals surface area contributed by atoms with E-state index in [2.05, 4.69) is 4.72 Å². The van der Waals surface area contributed by atoms with Crippen molar-refractivity contribution in [3.63, 3.8) is 0 Å². The van der Waals surface area contributed by atoms with E-state index < -0.39 is 11.0 Å². The van der Waals surface area contributed by atoms with Crippen molar-refractivity contribution in [2.24, 2.45) is 0 Å². The molecule has 6 heteroatoms. The topological polar surface area (TPSA) is 68.5 Å². The van der Waals surface area contributed by atoms with Crippen molar-refractivity contribution < 1.29 is 13.4 Å². The lowest BCUT2D eigenvalue weighted by molar-refractivity contribution is 0.404. The number of rotatable bonds is 4. The maximum Gasteiger partial charge on any atom is 0.339 e. The minimum absolute atomic E-state index is 0.335. The Bertz CT molecular complexity index is 994. The van der Waals surface area contributed by atoms with E-state index in [9.17, 15) is 9.00 Å². The van der Waals surface area contributed by atoms with Crippen LogP contribution in [-0.2, 0) is 11.0 Å². The molecule has 1 heterocycles. The second-order valence-corrected chi connectivity index (χ2v) is 6.55. The van der Waals surface area contributed by atoms with E-state index in [-0.39, 0.29) is 5.63 Å². The van der Waals surface area contributed by atoms with Crippen LogP contribution < -0.4 is 15.1 Å². The Morgan fingerprint density at radius 1 is 1.08 bits per heavy atom. The standard InChI is InChI=1S/C18H17NO4S/c1-11-12(2)18(20)23-15-9-8-13(10-14(11)15)19-24(21)17-7-5-4-6-16(17)22-3/h4-10,19H,1-3H3. The van der Waals surface area contributed by atoms with Crippen LogP contribution in [0.5, 0.6) is 5.75 Å². The first-order chi connectivity index (χ1) is 11.5. The summed E-state index contributed by atoms with van der Waals surface area (Å²) in [5.41, 5.74) is 2.27. The summed E-state index contributed by atoms with van der Waals surface area (Å²) in [6.07, 6.45) is 0. The first-order valence-electron chi connectivity index (χ1n) is 7.37. The van der Waals surface area contributed by atoms with Gasteiger partial charge in [0.05, 0.1) is 7.11 Å². The Kier molecular flexibility index (Phi) is 4.40. The van der Waals surface area contributed by atoms with Gasteiger partial charge in [0.25, 0.3) is 0 Å². The van der Waals surface area contributed by atoms with Crippen molar-refractivity contribution in [1.82, 2.24) is 0 Å². The number of hydrogen-bond donors (Lipinski definition) is 1. The minimum atomic E-state index is -1.47. The number of nitrogens with one attached hydrogen (secondary N) is 1. The number of methoxy groups -OCH3 is 1. The summed E-state index contributed by atoms with van der Waals surface area (Å²) in [5.74, 6) is 0.558. The van der Waals surface area contributed by atoms with Gasteiger partial charge in [-0.25, -0.2) is 9.00 Å². The SMILES string of the molecule is COc1ccccc1S(=O)Nc1ccc2oc(=O)c(C)c(C)c2c1. The smallest absolute Gasteiger partial charge is 0.339 e. The molecule has 0 bridgehead atoms. The highest BCUT2D eigenvalue weighted by Crippen LogP contribution is 2.26. The van der Waals surface area contributed by atoms with Crippen LogP contribution in [0, 0.1) is 13.8 Å². The van der Waals surface area contributed by atoms with Crippen molar-refractivity contribution in [3.8, 4) is 5.75 Å². The maximum absolute atomic E-state index is 12.6. The Hall–Kier alpha value is -2.60. The lowest BCUT2D eigenvalue weighted by Crippen LogP contribution is -2.08. The summed E-state index contributed by atoms with van der Waals surface area (Å²) >= 11 is 0. The third-order valence-corrected chi connectivity index (χ3v) is 5.09. The molecule has 124 valence electrons. The summed E-state index contributed by atoms with van der Waals surface area (Å²) in [7, 11) is 0.0694. The van der Waals surface area contributed by atoms with Gasteiger partial charge in [0, 0.05) is 16.6 Å². The van der Waals surface area contributed by atoms with Crippen molar-refractivity contribution >= 4 is 27.6 Å². The lowest BCUT2D eigenvalue weighted by atomic mass is 10.1. The molecular weight excluding hydrogens is 326 g/mol. The molecule has 3 aromatic rings. The third-order valence-electron chi connectivity index (χ3n) is 3.93. The molecule has 3 rings (SSSR count). The highest BCUT2D eigenvalue weighted by molar-refractivity contribution is 7.86. The number of fused-ring (bicyclic) bond motifs is 1. The van der Waals surface area contributed by atoms with Gasteiger partial charge in [-0.3, -0.25) is 0 Å². The zero-order valence-corrected chi connectivity index (χ0v) is 14.4. The number of para-hydroxylation sites is 1. The molecule has 1 N–H and O–H groups in total. The van der Waals surface area contributed by atoms with Gasteiger partial charge in [-0.1, -0.05) is 12.1 Å². The second kappa shape index (κ2) is 6.49. The number of anilines is 1. The van der Waals surface area contributed by atoms with E-state index in [4.69, 9.17) is 9.15 Å². The minimum Gasteiger partial charge on any atom is -0.495 e. The molecule has 2 aromatic carbocycles. The quantitative estimate of drug-likeness (QED) is 0.736. The van der Waals surface area contributed by atoms with Gasteiger partial charge in [-0.05, 0) is 49.7 Å². The van der Waals surface area contributed by atoms with Gasteiger partial charge in [-0.2, -0.15) is 0 Å². The van der Waals surface area contributed by atoms with Gasteiger partial charge in [-0.15, -0.1) is 0 Å². The summed E-state index contributed by atoms with van der Waals surface area (Å²) in [6.45, 7) is 3.60. The van der Waals surface area contributed by atoms with Crippen LogP contribution >= 0.6 is 0 Å². The fraction of sp³-hybridized carbons (Fsp3) is 0.167. The Labute approximate surface area is 141 Å². The van der Waals surface area contributed by atoms with Crippen molar-refractivity contribution in [2.75, 3.05) is 11.8 Å². The van der Waals surface area contributed by atoms with E-state index in [0.29, 0.717) is 27.5 Å². The number of benzene rings is 2. The predicted molar refractivity (Wildman–Crippen MR) is 95.0 cm³/mol. The van der Waals surface area contributed by atoms with Crippen LogP contribution in [0.15, 0.2) is 56.6 Å². The fourth-order valence-electron chi connectivity index (χ4n) is 2.44. The van der Waals surface area contributed by atoms with E-state index in [1.807, 2.05) is 19.1 Å². The van der Waals surface area contributed by atoms with Crippen LogP contribution in [0.25, 0.3) is 11.0 Å². The number of hydrogen-bond acceptors (Lipinski definition) is 4. The average molecular weight is 343 g/mol. The summed E-state index contributed by atoms with van der Waals surface area (Å²) < 4.78 is 26.1. The van der Waals surface area contributed by atoms with Gasteiger partial charge in [0.2, 0.25) is 0 Å². The molecule has 5 nitrogen and oxygen atoms in total. The molecule has 1 aromatic heterocycles. The first kappa shape index (κ1) is 16.3. The monoisotopic (exact) mass is 343 g/mol. The van der Waals surface area contributed by atoms with Crippen molar-refractivity contribution in [3.05, 3.63) is 64.0 Å². The average Bonchev–Trinajstić information content (AvgIpc) is 2.60. The molecule has 0 aliphatic carbocycles. The molecule has 0 saturated heterocycles. The second-order valence-electron chi connectivity index (χ2n) is 5.37. The molecule has 0 aliphatic rings. The molecule has 1 unspecified atom stereocenters. The largest absolute Gasteiger partial charge is 0.495 e. The van der Waals surface area contributed by atoms with Crippen LogP contribution in [0.2, 0.25) is 0 Å². The van der Waals surface area contributed by atoms with E-state index in [0.717, 1.165) is 10.9 Å². The molecule has 0 spiro atoms. The molecule has 0 radical (unpaired) electrons. The highest BCUT2D eigenvalue weighted by Gasteiger charge is 2.12. The van der Waals surface area contributed by atoms with Crippen LogP contribution in [0.1, 0.15) is 11.1 Å². The molecule has 0 amide bonds. The van der Waals surface area contributed by atoms with Crippen molar-refractivity contribution in [1.29, 1.82) is 0 Å². The van der Waals surface area contributed by atoms with Crippen LogP contribution in [0.3, 0.4) is 0 Å². The Balaban J connectivity index is 1.99. The fourth-order valence-corrected chi connectivity index (χ4v) is 3.43. The van der Waals surface area contributed by atoms with E-state index in [1.54, 1.807) is 44.4 Å². The van der Waals surface area contributed by atoms with Gasteiger partial charge in [0.1, 0.15) is 16.2 Å². The third kappa shape index (κ3) is 2.92. The highest BCUT2D eigenvalue weighted by atomic mass is 32.2. The molecule has 0 aliphatic heterocycles. The zero-order chi connectivity index (χ0) is 17.3. The van der Waals surface area contributed by atoms with Crippen LogP contribution in [0.4, 0.5) is 5.69 Å². The number of aryl methyl sites for hydroxylation is 1. The number of ether oxygens (including phenoxy) is 1. The van der Waals surface area contributed by atoms with Gasteiger partial charge < -0.3 is 13.9 Å². The molecule has 1 atom stereocenters. The Morgan fingerprint density at radius 2 is 1.83 bits per heavy atom. The van der Waals surface area contributed by atoms with E-state index >= 15 is 0 Å².